The fraction of sp³-hybridized carbons (Fsp3) is 0.211. The SMILES string of the molecule is O=C(CCSc1ccccc1)NC[C@](O)(c1ccsc1)c1cccs1. The second-order valence-electron chi connectivity index (χ2n) is 5.54. The van der Waals surface area contributed by atoms with E-state index in [-0.39, 0.29) is 12.5 Å². The molecular weight excluding hydrogens is 370 g/mol. The van der Waals surface area contributed by atoms with Gasteiger partial charge in [0.25, 0.3) is 0 Å². The third kappa shape index (κ3) is 4.73. The number of benzene rings is 1. The molecule has 0 aliphatic heterocycles. The molecule has 0 saturated carbocycles. The number of carbonyl (C=O) groups is 1. The minimum Gasteiger partial charge on any atom is -0.378 e. The molecule has 130 valence electrons. The largest absolute Gasteiger partial charge is 0.378 e. The summed E-state index contributed by atoms with van der Waals surface area (Å²) in [6.45, 7) is 0.180. The molecule has 2 heterocycles. The zero-order chi connectivity index (χ0) is 17.5. The number of thiophene rings is 2. The smallest absolute Gasteiger partial charge is 0.220 e. The number of hydrogen-bond donors (Lipinski definition) is 2. The molecule has 0 unspecified atom stereocenters. The molecule has 6 heteroatoms. The molecule has 1 aromatic carbocycles. The average molecular weight is 390 g/mol. The molecule has 0 spiro atoms. The Hall–Kier alpha value is -1.60. The molecular formula is C19H19NO2S3. The van der Waals surface area contributed by atoms with Crippen molar-refractivity contribution in [2.24, 2.45) is 0 Å². The van der Waals surface area contributed by atoms with E-state index in [0.717, 1.165) is 15.3 Å². The summed E-state index contributed by atoms with van der Waals surface area (Å²) in [7, 11) is 0. The summed E-state index contributed by atoms with van der Waals surface area (Å²) in [5.41, 5.74) is -0.352. The minimum atomic E-state index is -1.17. The number of thioether (sulfide) groups is 1. The van der Waals surface area contributed by atoms with Crippen LogP contribution in [0.15, 0.2) is 69.6 Å². The highest BCUT2D eigenvalue weighted by molar-refractivity contribution is 7.99. The van der Waals surface area contributed by atoms with Crippen molar-refractivity contribution in [1.29, 1.82) is 0 Å². The molecule has 0 fully saturated rings. The van der Waals surface area contributed by atoms with Crippen molar-refractivity contribution in [3.8, 4) is 0 Å². The van der Waals surface area contributed by atoms with E-state index in [1.54, 1.807) is 11.8 Å². The quantitative estimate of drug-likeness (QED) is 0.563. The van der Waals surface area contributed by atoms with Gasteiger partial charge in [0.15, 0.2) is 0 Å². The highest BCUT2D eigenvalue weighted by Gasteiger charge is 2.33. The van der Waals surface area contributed by atoms with Gasteiger partial charge in [-0.3, -0.25) is 4.79 Å². The zero-order valence-electron chi connectivity index (χ0n) is 13.6. The molecule has 0 aliphatic rings. The lowest BCUT2D eigenvalue weighted by molar-refractivity contribution is -0.121. The molecule has 2 N–H and O–H groups in total. The number of amides is 1. The molecule has 0 aliphatic carbocycles. The van der Waals surface area contributed by atoms with Crippen LogP contribution in [-0.2, 0) is 10.4 Å². The molecule has 3 aromatic rings. The summed E-state index contributed by atoms with van der Waals surface area (Å²) in [5, 5.41) is 19.9. The third-order valence-corrected chi connectivity index (χ3v) is 6.53. The van der Waals surface area contributed by atoms with Gasteiger partial charge >= 0.3 is 0 Å². The van der Waals surface area contributed by atoms with Crippen molar-refractivity contribution in [2.75, 3.05) is 12.3 Å². The van der Waals surface area contributed by atoms with Gasteiger partial charge < -0.3 is 10.4 Å². The Morgan fingerprint density at radius 3 is 2.64 bits per heavy atom. The fourth-order valence-electron chi connectivity index (χ4n) is 2.44. The molecule has 1 atom stereocenters. The van der Waals surface area contributed by atoms with E-state index in [4.69, 9.17) is 0 Å². The lowest BCUT2D eigenvalue weighted by Gasteiger charge is -2.27. The number of carbonyl (C=O) groups excluding carboxylic acids is 1. The summed E-state index contributed by atoms with van der Waals surface area (Å²) in [6, 6.07) is 15.8. The second kappa shape index (κ2) is 8.67. The number of aliphatic hydroxyl groups is 1. The predicted molar refractivity (Wildman–Crippen MR) is 106 cm³/mol. The van der Waals surface area contributed by atoms with Crippen LogP contribution >= 0.6 is 34.4 Å². The molecule has 1 amide bonds. The van der Waals surface area contributed by atoms with Crippen molar-refractivity contribution in [3.63, 3.8) is 0 Å². The Morgan fingerprint density at radius 2 is 1.96 bits per heavy atom. The standard InChI is InChI=1S/C19H19NO2S3/c21-18(9-12-24-16-5-2-1-3-6-16)20-14-19(22,15-8-11-23-13-15)17-7-4-10-25-17/h1-8,10-11,13,22H,9,12,14H2,(H,20,21)/t19-/m0/s1. The van der Waals surface area contributed by atoms with E-state index in [2.05, 4.69) is 5.32 Å². The second-order valence-corrected chi connectivity index (χ2v) is 8.43. The first-order valence-electron chi connectivity index (χ1n) is 7.92. The maximum absolute atomic E-state index is 12.2. The Kier molecular flexibility index (Phi) is 6.31. The highest BCUT2D eigenvalue weighted by atomic mass is 32.2. The monoisotopic (exact) mass is 389 g/mol. The number of hydrogen-bond acceptors (Lipinski definition) is 5. The maximum Gasteiger partial charge on any atom is 0.220 e. The van der Waals surface area contributed by atoms with E-state index < -0.39 is 5.60 Å². The van der Waals surface area contributed by atoms with Crippen molar-refractivity contribution >= 4 is 40.3 Å². The summed E-state index contributed by atoms with van der Waals surface area (Å²) in [6.07, 6.45) is 0.420. The third-order valence-electron chi connectivity index (χ3n) is 3.81. The van der Waals surface area contributed by atoms with Gasteiger partial charge in [-0.05, 0) is 40.4 Å². The van der Waals surface area contributed by atoms with E-state index >= 15 is 0 Å². The molecule has 0 bridgehead atoms. The van der Waals surface area contributed by atoms with Crippen LogP contribution < -0.4 is 5.32 Å². The molecule has 3 nitrogen and oxygen atoms in total. The average Bonchev–Trinajstić information content (AvgIpc) is 3.34. The van der Waals surface area contributed by atoms with Gasteiger partial charge in [0.1, 0.15) is 5.60 Å². The molecule has 2 aromatic heterocycles. The summed E-state index contributed by atoms with van der Waals surface area (Å²) in [4.78, 5) is 14.2. The van der Waals surface area contributed by atoms with Gasteiger partial charge in [-0.2, -0.15) is 11.3 Å². The van der Waals surface area contributed by atoms with Crippen LogP contribution in [0.1, 0.15) is 16.9 Å². The van der Waals surface area contributed by atoms with E-state index in [1.165, 1.54) is 22.7 Å². The first-order valence-corrected chi connectivity index (χ1v) is 10.7. The Morgan fingerprint density at radius 1 is 1.12 bits per heavy atom. The van der Waals surface area contributed by atoms with Gasteiger partial charge in [-0.1, -0.05) is 24.3 Å². The minimum absolute atomic E-state index is 0.0476. The van der Waals surface area contributed by atoms with Crippen molar-refractivity contribution in [2.45, 2.75) is 16.9 Å². The normalized spacial score (nSPS) is 13.3. The van der Waals surface area contributed by atoms with E-state index in [9.17, 15) is 9.90 Å². The van der Waals surface area contributed by atoms with E-state index in [0.29, 0.717) is 12.2 Å². The van der Waals surface area contributed by atoms with Crippen LogP contribution in [0, 0.1) is 0 Å². The zero-order valence-corrected chi connectivity index (χ0v) is 16.0. The maximum atomic E-state index is 12.2. The predicted octanol–water partition coefficient (Wildman–Crippen LogP) is 4.34. The topological polar surface area (TPSA) is 49.3 Å². The summed E-state index contributed by atoms with van der Waals surface area (Å²) in [5.74, 6) is 0.666. The molecule has 0 saturated heterocycles. The highest BCUT2D eigenvalue weighted by Crippen LogP contribution is 2.33. The fourth-order valence-corrected chi connectivity index (χ4v) is 4.88. The van der Waals surface area contributed by atoms with Gasteiger partial charge in [0, 0.05) is 27.5 Å². The van der Waals surface area contributed by atoms with E-state index in [1.807, 2.05) is 64.7 Å². The summed E-state index contributed by atoms with van der Waals surface area (Å²) < 4.78 is 0. The first kappa shape index (κ1) is 18.2. The molecule has 25 heavy (non-hydrogen) atoms. The van der Waals surface area contributed by atoms with Gasteiger partial charge in [-0.25, -0.2) is 0 Å². The van der Waals surface area contributed by atoms with Crippen molar-refractivity contribution in [1.82, 2.24) is 5.32 Å². The number of nitrogens with one attached hydrogen (secondary N) is 1. The van der Waals surface area contributed by atoms with Gasteiger partial charge in [-0.15, -0.1) is 23.1 Å². The van der Waals surface area contributed by atoms with Crippen LogP contribution in [0.2, 0.25) is 0 Å². The van der Waals surface area contributed by atoms with Gasteiger partial charge in [0.2, 0.25) is 5.91 Å². The van der Waals surface area contributed by atoms with Crippen LogP contribution in [-0.4, -0.2) is 23.3 Å². The van der Waals surface area contributed by atoms with Crippen LogP contribution in [0.25, 0.3) is 0 Å². The Bertz CT molecular complexity index is 736. The molecule has 0 radical (unpaired) electrons. The lowest BCUT2D eigenvalue weighted by Crippen LogP contribution is -2.41. The van der Waals surface area contributed by atoms with Crippen LogP contribution in [0.5, 0.6) is 0 Å². The Balaban J connectivity index is 1.55. The Labute approximate surface area is 159 Å². The summed E-state index contributed by atoms with van der Waals surface area (Å²) >= 11 is 4.69. The molecule has 3 rings (SSSR count). The van der Waals surface area contributed by atoms with Crippen molar-refractivity contribution in [3.05, 3.63) is 75.1 Å². The van der Waals surface area contributed by atoms with Crippen LogP contribution in [0.3, 0.4) is 0 Å². The van der Waals surface area contributed by atoms with Crippen molar-refractivity contribution < 1.29 is 9.90 Å². The first-order chi connectivity index (χ1) is 12.2. The lowest BCUT2D eigenvalue weighted by atomic mass is 9.94. The van der Waals surface area contributed by atoms with Crippen LogP contribution in [0.4, 0.5) is 0 Å². The number of rotatable bonds is 8. The van der Waals surface area contributed by atoms with Gasteiger partial charge in [0.05, 0.1) is 6.54 Å².